The zero-order chi connectivity index (χ0) is 15.1. The Morgan fingerprint density at radius 2 is 1.50 bits per heavy atom. The van der Waals surface area contributed by atoms with E-state index in [-0.39, 0.29) is 59.1 Å². The fourth-order valence-electron chi connectivity index (χ4n) is 0.630. The molecule has 0 fully saturated rings. The van der Waals surface area contributed by atoms with Crippen LogP contribution < -0.4 is 5.73 Å². The van der Waals surface area contributed by atoms with E-state index in [0.29, 0.717) is 0 Å². The van der Waals surface area contributed by atoms with Crippen molar-refractivity contribution in [3.05, 3.63) is 25.3 Å². The first-order chi connectivity index (χ1) is 7.91. The van der Waals surface area contributed by atoms with Crippen molar-refractivity contribution in [3.63, 3.8) is 0 Å². The molecule has 4 N–H and O–H groups in total. The molecule has 0 amide bonds. The number of carbonyl (C=O) groups is 2. The van der Waals surface area contributed by atoms with Crippen molar-refractivity contribution >= 4 is 81.0 Å². The second kappa shape index (κ2) is 12.1. The summed E-state index contributed by atoms with van der Waals surface area (Å²) in [7, 11) is -4.35. The summed E-state index contributed by atoms with van der Waals surface area (Å²) in [4.78, 5) is 20.2. The molecule has 1 atom stereocenters. The van der Waals surface area contributed by atoms with Crippen LogP contribution in [-0.2, 0) is 19.7 Å². The van der Waals surface area contributed by atoms with Gasteiger partial charge in [0.05, 0.1) is 6.04 Å². The van der Waals surface area contributed by atoms with E-state index < -0.39 is 32.7 Å². The van der Waals surface area contributed by atoms with Gasteiger partial charge in [-0.3, -0.25) is 9.35 Å². The molecular weight excluding hydrogens is 308 g/mol. The third-order valence-corrected chi connectivity index (χ3v) is 3.68. The van der Waals surface area contributed by atoms with E-state index in [1.807, 2.05) is 0 Å². The minimum atomic E-state index is -4.35. The van der Waals surface area contributed by atoms with Gasteiger partial charge in [-0.1, -0.05) is 13.2 Å². The maximum atomic E-state index is 11.0. The molecule has 10 heteroatoms. The first-order valence-electron chi connectivity index (χ1n) is 4.66. The summed E-state index contributed by atoms with van der Waals surface area (Å²) in [5.74, 6) is -1.60. The normalized spacial score (nSPS) is 11.4. The number of carboxylic acids is 1. The van der Waals surface area contributed by atoms with Crippen molar-refractivity contribution in [2.45, 2.75) is 24.6 Å². The Morgan fingerprint density at radius 3 is 1.65 bits per heavy atom. The van der Waals surface area contributed by atoms with Crippen molar-refractivity contribution in [1.29, 1.82) is 0 Å². The van der Waals surface area contributed by atoms with Gasteiger partial charge < -0.3 is 10.8 Å². The number of hydrogen-bond acceptors (Lipinski definition) is 5. The molecule has 0 bridgehead atoms. The predicted octanol–water partition coefficient (Wildman–Crippen LogP) is -1.30. The van der Waals surface area contributed by atoms with Crippen LogP contribution >= 0.6 is 0 Å². The van der Waals surface area contributed by atoms with Gasteiger partial charge in [0.2, 0.25) is 0 Å². The van der Waals surface area contributed by atoms with Crippen molar-refractivity contribution in [2.24, 2.45) is 5.73 Å². The number of hydrogen-bond donors (Lipinski definition) is 3. The van der Waals surface area contributed by atoms with Gasteiger partial charge in [-0.05, 0) is 19.9 Å². The molecule has 20 heavy (non-hydrogen) atoms. The molecule has 0 aliphatic carbocycles. The Bertz CT molecular complexity index is 447. The molecule has 0 saturated carbocycles. The SMILES string of the molecule is C=CC(=O)C(N)C(C)(C)S(=O)(=O)O.C=CC(=O)O.[NaH].[NaH]. The molecule has 0 heterocycles. The zero-order valence-electron chi connectivity index (χ0n) is 10.2. The van der Waals surface area contributed by atoms with E-state index in [1.165, 1.54) is 13.8 Å². The second-order valence-electron chi connectivity index (χ2n) is 3.71. The minimum absolute atomic E-state index is 0. The second-order valence-corrected chi connectivity index (χ2v) is 5.71. The summed E-state index contributed by atoms with van der Waals surface area (Å²) in [6, 6.07) is -1.31. The van der Waals surface area contributed by atoms with Gasteiger partial charge in [0, 0.05) is 6.08 Å². The standard InChI is InChI=1S/C7H13NO4S.C3H4O2.2Na.2H/c1-4-5(9)6(8)7(2,3)13(10,11)12;1-2-3(4)5;;;;/h4,6H,1,8H2,2-3H3,(H,10,11,12);2H,1H2,(H,4,5);;;;. The van der Waals surface area contributed by atoms with Crippen LogP contribution in [-0.4, -0.2) is 99.7 Å². The first-order valence-corrected chi connectivity index (χ1v) is 6.10. The molecule has 0 spiro atoms. The molecule has 0 aromatic heterocycles. The molecule has 0 rings (SSSR count). The molecule has 0 aliphatic rings. The molecular formula is C10H19NNa2O6S. The molecule has 1 unspecified atom stereocenters. The van der Waals surface area contributed by atoms with Crippen LogP contribution in [0.2, 0.25) is 0 Å². The van der Waals surface area contributed by atoms with E-state index in [0.717, 1.165) is 12.2 Å². The topological polar surface area (TPSA) is 135 Å². The quantitative estimate of drug-likeness (QED) is 0.324. The van der Waals surface area contributed by atoms with E-state index in [9.17, 15) is 18.0 Å². The number of carbonyl (C=O) groups excluding carboxylic acids is 1. The van der Waals surface area contributed by atoms with E-state index in [1.54, 1.807) is 0 Å². The van der Waals surface area contributed by atoms with E-state index in [4.69, 9.17) is 15.4 Å². The third-order valence-electron chi connectivity index (χ3n) is 2.10. The van der Waals surface area contributed by atoms with Crippen LogP contribution in [0, 0.1) is 0 Å². The Labute approximate surface area is 163 Å². The summed E-state index contributed by atoms with van der Waals surface area (Å²) >= 11 is 0. The predicted molar refractivity (Wildman–Crippen MR) is 80.9 cm³/mol. The van der Waals surface area contributed by atoms with Crippen LogP contribution in [0.25, 0.3) is 0 Å². The average Bonchev–Trinajstić information content (AvgIpc) is 2.26. The summed E-state index contributed by atoms with van der Waals surface area (Å²) in [5.41, 5.74) is 5.33. The van der Waals surface area contributed by atoms with Crippen LogP contribution in [0.5, 0.6) is 0 Å². The fourth-order valence-corrected chi connectivity index (χ4v) is 1.07. The summed E-state index contributed by atoms with van der Waals surface area (Å²) in [6.45, 7) is 8.48. The Hall–Kier alpha value is 0.490. The molecule has 7 nitrogen and oxygen atoms in total. The maximum absolute atomic E-state index is 11.0. The van der Waals surface area contributed by atoms with Gasteiger partial charge in [-0.15, -0.1) is 0 Å². The number of ketones is 1. The number of nitrogens with two attached hydrogens (primary N) is 1. The molecule has 0 aromatic carbocycles. The summed E-state index contributed by atoms with van der Waals surface area (Å²) < 4.78 is 28.7. The van der Waals surface area contributed by atoms with Gasteiger partial charge in [-0.2, -0.15) is 8.42 Å². The molecule has 108 valence electrons. The first kappa shape index (κ1) is 28.6. The van der Waals surface area contributed by atoms with Crippen LogP contribution in [0.4, 0.5) is 0 Å². The Kier molecular flexibility index (Phi) is 17.3. The Morgan fingerprint density at radius 1 is 1.20 bits per heavy atom. The average molecular weight is 327 g/mol. The van der Waals surface area contributed by atoms with Gasteiger partial charge in [0.25, 0.3) is 10.1 Å². The summed E-state index contributed by atoms with van der Waals surface area (Å²) in [5, 5.41) is 7.60. The third kappa shape index (κ3) is 10.3. The van der Waals surface area contributed by atoms with Crippen LogP contribution in [0.15, 0.2) is 25.3 Å². The van der Waals surface area contributed by atoms with E-state index in [2.05, 4.69) is 13.2 Å². The molecule has 0 aliphatic heterocycles. The zero-order valence-corrected chi connectivity index (χ0v) is 11.0. The van der Waals surface area contributed by atoms with Gasteiger partial charge >= 0.3 is 65.1 Å². The Balaban J connectivity index is -0.000000158. The monoisotopic (exact) mass is 327 g/mol. The van der Waals surface area contributed by atoms with Gasteiger partial charge in [0.1, 0.15) is 4.75 Å². The van der Waals surface area contributed by atoms with Gasteiger partial charge in [0.15, 0.2) is 5.78 Å². The fraction of sp³-hybridized carbons (Fsp3) is 0.400. The van der Waals surface area contributed by atoms with Crippen LogP contribution in [0.3, 0.4) is 0 Å². The molecule has 0 saturated heterocycles. The van der Waals surface area contributed by atoms with Crippen LogP contribution in [0.1, 0.15) is 13.8 Å². The molecule has 0 aromatic rings. The van der Waals surface area contributed by atoms with Crippen molar-refractivity contribution in [1.82, 2.24) is 0 Å². The van der Waals surface area contributed by atoms with Gasteiger partial charge in [-0.25, -0.2) is 4.79 Å². The number of carboxylic acid groups (broad SMARTS) is 1. The van der Waals surface area contributed by atoms with Crippen molar-refractivity contribution in [2.75, 3.05) is 0 Å². The van der Waals surface area contributed by atoms with Crippen molar-refractivity contribution < 1.29 is 27.7 Å². The number of aliphatic carboxylic acids is 1. The van der Waals surface area contributed by atoms with Crippen molar-refractivity contribution in [3.8, 4) is 0 Å². The molecule has 0 radical (unpaired) electrons. The number of rotatable bonds is 5. The van der Waals surface area contributed by atoms with E-state index >= 15 is 0 Å². The summed E-state index contributed by atoms with van der Waals surface area (Å²) in [6.07, 6.45) is 1.76.